The van der Waals surface area contributed by atoms with Gasteiger partial charge in [0.1, 0.15) is 12.7 Å². The number of nitrogens with one attached hydrogen (secondary N) is 1. The van der Waals surface area contributed by atoms with Crippen molar-refractivity contribution in [3.63, 3.8) is 0 Å². The molecule has 0 radical (unpaired) electrons. The molecule has 1 N–H and O–H groups in total. The van der Waals surface area contributed by atoms with Crippen molar-refractivity contribution in [2.24, 2.45) is 0 Å². The first-order valence-corrected chi connectivity index (χ1v) is 13.9. The predicted octanol–water partition coefficient (Wildman–Crippen LogP) is 5.44. The van der Waals surface area contributed by atoms with Crippen LogP contribution in [0.25, 0.3) is 0 Å². The summed E-state index contributed by atoms with van der Waals surface area (Å²) >= 11 is 0. The lowest BCUT2D eigenvalue weighted by atomic mass is 9.80. The first-order valence-electron chi connectivity index (χ1n) is 13.9. The molecule has 0 fully saturated rings. The smallest absolute Gasteiger partial charge is 0.410 e. The monoisotopic (exact) mass is 597 g/mol. The molecule has 0 aromatic heterocycles. The van der Waals surface area contributed by atoms with Crippen LogP contribution in [-0.2, 0) is 37.0 Å². The Hall–Kier alpha value is -5.45. The molecule has 44 heavy (non-hydrogen) atoms. The van der Waals surface area contributed by atoms with Gasteiger partial charge in [-0.2, -0.15) is 0 Å². The summed E-state index contributed by atoms with van der Waals surface area (Å²) in [6.07, 6.45) is -1.41. The number of benzene rings is 3. The molecule has 3 aromatic carbocycles. The minimum Gasteiger partial charge on any atom is -0.466 e. The number of esters is 2. The number of methoxy groups -OCH3 is 1. The zero-order valence-corrected chi connectivity index (χ0v) is 24.4. The van der Waals surface area contributed by atoms with Crippen molar-refractivity contribution in [3.8, 4) is 0 Å². The van der Waals surface area contributed by atoms with Gasteiger partial charge < -0.3 is 19.5 Å². The van der Waals surface area contributed by atoms with E-state index in [0.717, 1.165) is 16.7 Å². The summed E-state index contributed by atoms with van der Waals surface area (Å²) in [4.78, 5) is 52.7. The number of hydrogen-bond acceptors (Lipinski definition) is 9. The van der Waals surface area contributed by atoms with Crippen molar-refractivity contribution in [1.82, 2.24) is 10.2 Å². The topological polar surface area (TPSA) is 137 Å². The predicted molar refractivity (Wildman–Crippen MR) is 159 cm³/mol. The third-order valence-corrected chi connectivity index (χ3v) is 7.66. The van der Waals surface area contributed by atoms with E-state index in [1.807, 2.05) is 54.6 Å². The highest BCUT2D eigenvalue weighted by atomic mass is 16.6. The summed E-state index contributed by atoms with van der Waals surface area (Å²) in [5, 5.41) is 14.7. The highest BCUT2D eigenvalue weighted by Gasteiger charge is 2.40. The van der Waals surface area contributed by atoms with E-state index in [-0.39, 0.29) is 36.5 Å². The van der Waals surface area contributed by atoms with Gasteiger partial charge >= 0.3 is 18.0 Å². The highest BCUT2D eigenvalue weighted by molar-refractivity contribution is 6.00. The molecule has 226 valence electrons. The van der Waals surface area contributed by atoms with Crippen LogP contribution in [0.15, 0.2) is 101 Å². The molecular weight excluding hydrogens is 566 g/mol. The van der Waals surface area contributed by atoms with Crippen molar-refractivity contribution >= 4 is 23.7 Å². The lowest BCUT2D eigenvalue weighted by Gasteiger charge is -2.35. The second-order valence-electron chi connectivity index (χ2n) is 10.5. The standard InChI is InChI=1S/C33H31N3O8/c1-20-28(31(37)42-3)30(23-13-9-14-25(16-23)36(40)41)29(21(2)34-20)32(38)44-27-18-35(17-24-12-7-8-15-26(24)27)33(39)43-19-22-10-5-4-6-11-22/h4-16,27,30,34H,17-19H2,1-3H3. The highest BCUT2D eigenvalue weighted by Crippen LogP contribution is 2.41. The van der Waals surface area contributed by atoms with Crippen molar-refractivity contribution in [2.45, 2.75) is 39.0 Å². The van der Waals surface area contributed by atoms with Gasteiger partial charge in [-0.05, 0) is 36.1 Å². The van der Waals surface area contributed by atoms with Crippen molar-refractivity contribution in [2.75, 3.05) is 13.7 Å². The first-order chi connectivity index (χ1) is 21.2. The van der Waals surface area contributed by atoms with Gasteiger partial charge in [-0.25, -0.2) is 14.4 Å². The van der Waals surface area contributed by atoms with Crippen LogP contribution in [-0.4, -0.2) is 41.5 Å². The summed E-state index contributed by atoms with van der Waals surface area (Å²) in [5.74, 6) is -2.46. The number of nitro groups is 1. The number of carbonyl (C=O) groups is 3. The lowest BCUT2D eigenvalue weighted by Crippen LogP contribution is -2.40. The van der Waals surface area contributed by atoms with Gasteiger partial charge in [0.25, 0.3) is 5.69 Å². The van der Waals surface area contributed by atoms with Gasteiger partial charge in [-0.15, -0.1) is 0 Å². The summed E-state index contributed by atoms with van der Waals surface area (Å²) < 4.78 is 16.7. The van der Waals surface area contributed by atoms with Crippen molar-refractivity contribution < 1.29 is 33.5 Å². The number of dihydropyridines is 1. The van der Waals surface area contributed by atoms with E-state index in [1.165, 1.54) is 30.2 Å². The molecule has 0 saturated heterocycles. The van der Waals surface area contributed by atoms with Crippen LogP contribution in [0, 0.1) is 10.1 Å². The van der Waals surface area contributed by atoms with Crippen LogP contribution in [0.1, 0.15) is 48.1 Å². The molecule has 5 rings (SSSR count). The van der Waals surface area contributed by atoms with Crippen LogP contribution in [0.3, 0.4) is 0 Å². The van der Waals surface area contributed by atoms with Crippen LogP contribution >= 0.6 is 0 Å². The molecule has 0 spiro atoms. The molecule has 0 aliphatic carbocycles. The van der Waals surface area contributed by atoms with Gasteiger partial charge in [0.15, 0.2) is 0 Å². The molecule has 11 nitrogen and oxygen atoms in total. The van der Waals surface area contributed by atoms with Gasteiger partial charge in [0, 0.05) is 30.1 Å². The third kappa shape index (κ3) is 6.17. The molecule has 2 unspecified atom stereocenters. The zero-order valence-electron chi connectivity index (χ0n) is 24.4. The van der Waals surface area contributed by atoms with E-state index in [9.17, 15) is 24.5 Å². The number of fused-ring (bicyclic) bond motifs is 1. The van der Waals surface area contributed by atoms with Gasteiger partial charge in [0.2, 0.25) is 0 Å². The van der Waals surface area contributed by atoms with E-state index in [4.69, 9.17) is 14.2 Å². The van der Waals surface area contributed by atoms with E-state index in [0.29, 0.717) is 17.0 Å². The maximum atomic E-state index is 14.1. The zero-order chi connectivity index (χ0) is 31.4. The Labute approximate surface area is 253 Å². The van der Waals surface area contributed by atoms with E-state index < -0.39 is 35.0 Å². The number of non-ortho nitro benzene ring substituents is 1. The average molecular weight is 598 g/mol. The number of allylic oxidation sites excluding steroid dienone is 2. The second kappa shape index (κ2) is 12.8. The maximum Gasteiger partial charge on any atom is 0.410 e. The van der Waals surface area contributed by atoms with E-state index in [2.05, 4.69) is 5.32 Å². The Morgan fingerprint density at radius 2 is 1.61 bits per heavy atom. The molecule has 2 atom stereocenters. The number of rotatable bonds is 7. The van der Waals surface area contributed by atoms with Gasteiger partial charge in [-0.1, -0.05) is 66.7 Å². The second-order valence-corrected chi connectivity index (χ2v) is 10.5. The average Bonchev–Trinajstić information content (AvgIpc) is 3.03. The molecule has 0 saturated carbocycles. The Morgan fingerprint density at radius 3 is 2.32 bits per heavy atom. The normalized spacial score (nSPS) is 17.8. The molecule has 3 aromatic rings. The van der Waals surface area contributed by atoms with Crippen LogP contribution in [0.5, 0.6) is 0 Å². The number of carbonyl (C=O) groups excluding carboxylic acids is 3. The lowest BCUT2D eigenvalue weighted by molar-refractivity contribution is -0.384. The fourth-order valence-electron chi connectivity index (χ4n) is 5.60. The fraction of sp³-hybridized carbons (Fsp3) is 0.242. The first kappa shape index (κ1) is 30.0. The van der Waals surface area contributed by atoms with Crippen LogP contribution < -0.4 is 5.32 Å². The summed E-state index contributed by atoms with van der Waals surface area (Å²) in [7, 11) is 1.22. The molecule has 2 heterocycles. The Balaban J connectivity index is 1.46. The van der Waals surface area contributed by atoms with Crippen molar-refractivity contribution in [3.05, 3.63) is 134 Å². The van der Waals surface area contributed by atoms with Crippen LogP contribution in [0.4, 0.5) is 10.5 Å². The molecule has 0 bridgehead atoms. The Kier molecular flexibility index (Phi) is 8.75. The molecule has 1 amide bonds. The quantitative estimate of drug-likeness (QED) is 0.163. The molecule has 2 aliphatic heterocycles. The Bertz CT molecular complexity index is 1680. The minimum absolute atomic E-state index is 0.0380. The molecule has 11 heteroatoms. The van der Waals surface area contributed by atoms with Crippen LogP contribution in [0.2, 0.25) is 0 Å². The molecule has 2 aliphatic rings. The number of nitro benzene ring substituents is 1. The summed E-state index contributed by atoms with van der Waals surface area (Å²) in [5.41, 5.74) is 3.60. The van der Waals surface area contributed by atoms with Gasteiger partial charge in [-0.3, -0.25) is 15.0 Å². The van der Waals surface area contributed by atoms with E-state index in [1.54, 1.807) is 19.9 Å². The largest absolute Gasteiger partial charge is 0.466 e. The number of amides is 1. The number of nitrogens with zero attached hydrogens (tertiary/aromatic N) is 2. The number of hydrogen-bond donors (Lipinski definition) is 1. The summed E-state index contributed by atoms with van der Waals surface area (Å²) in [6, 6.07) is 22.4. The fourth-order valence-corrected chi connectivity index (χ4v) is 5.60. The SMILES string of the molecule is COC(=O)C1=C(C)NC(C)=C(C(=O)OC2CN(C(=O)OCc3ccccc3)Cc3ccccc32)C1c1cccc([N+](=O)[O-])c1. The third-order valence-electron chi connectivity index (χ3n) is 7.66. The molecular formula is C33H31N3O8. The summed E-state index contributed by atoms with van der Waals surface area (Å²) in [6.45, 7) is 3.73. The number of ether oxygens (including phenoxy) is 3. The van der Waals surface area contributed by atoms with Gasteiger partial charge in [0.05, 0.1) is 35.6 Å². The minimum atomic E-state index is -1.01. The Morgan fingerprint density at radius 1 is 0.932 bits per heavy atom. The van der Waals surface area contributed by atoms with E-state index >= 15 is 0 Å². The maximum absolute atomic E-state index is 14.1. The van der Waals surface area contributed by atoms with Crippen molar-refractivity contribution in [1.29, 1.82) is 0 Å².